The Morgan fingerprint density at radius 2 is 2.09 bits per heavy atom. The van der Waals surface area contributed by atoms with Crippen LogP contribution < -0.4 is 5.56 Å². The van der Waals surface area contributed by atoms with E-state index in [0.29, 0.717) is 30.5 Å². The Balaban J connectivity index is 2.03. The van der Waals surface area contributed by atoms with Gasteiger partial charge in [0.15, 0.2) is 11.9 Å². The fourth-order valence-electron chi connectivity index (χ4n) is 2.94. The normalized spacial score (nSPS) is 17.6. The first kappa shape index (κ1) is 16.9. The zero-order valence-electron chi connectivity index (χ0n) is 13.4. The van der Waals surface area contributed by atoms with Gasteiger partial charge in [-0.3, -0.25) is 14.4 Å². The standard InChI is InChI=1S/C17H20N2O4/c1-10-12(11(2)19-17(22)13(10)9-18)7-8-16(21)23-15-6-4-3-5-14(15)20/h15H,3-8H2,1-2H3,(H,19,22)/t15-/m1/s1. The molecule has 1 aromatic heterocycles. The molecule has 23 heavy (non-hydrogen) atoms. The quantitative estimate of drug-likeness (QED) is 0.854. The third-order valence-corrected chi connectivity index (χ3v) is 4.27. The van der Waals surface area contributed by atoms with Crippen molar-refractivity contribution < 1.29 is 14.3 Å². The minimum Gasteiger partial charge on any atom is -0.454 e. The van der Waals surface area contributed by atoms with Crippen LogP contribution >= 0.6 is 0 Å². The number of carbonyl (C=O) groups excluding carboxylic acids is 2. The highest BCUT2D eigenvalue weighted by atomic mass is 16.5. The number of H-pyrrole nitrogens is 1. The van der Waals surface area contributed by atoms with Crippen molar-refractivity contribution in [3.8, 4) is 6.07 Å². The molecule has 0 aromatic carbocycles. The number of nitrogens with zero attached hydrogens (tertiary/aromatic N) is 1. The molecular weight excluding hydrogens is 296 g/mol. The summed E-state index contributed by atoms with van der Waals surface area (Å²) in [6, 6.07) is 1.89. The minimum absolute atomic E-state index is 0.00670. The van der Waals surface area contributed by atoms with Crippen molar-refractivity contribution in [3.63, 3.8) is 0 Å². The van der Waals surface area contributed by atoms with Gasteiger partial charge < -0.3 is 9.72 Å². The van der Waals surface area contributed by atoms with Gasteiger partial charge >= 0.3 is 5.97 Å². The number of nitriles is 1. The van der Waals surface area contributed by atoms with Gasteiger partial charge in [-0.1, -0.05) is 0 Å². The van der Waals surface area contributed by atoms with Crippen LogP contribution in [-0.2, 0) is 20.7 Å². The number of carbonyl (C=O) groups is 2. The molecule has 0 amide bonds. The first-order valence-corrected chi connectivity index (χ1v) is 7.78. The maximum atomic E-state index is 12.0. The summed E-state index contributed by atoms with van der Waals surface area (Å²) in [5, 5.41) is 9.04. The van der Waals surface area contributed by atoms with Crippen LogP contribution in [0, 0.1) is 25.2 Å². The maximum Gasteiger partial charge on any atom is 0.306 e. The molecule has 1 N–H and O–H groups in total. The molecule has 6 heteroatoms. The molecule has 1 heterocycles. The predicted molar refractivity (Wildman–Crippen MR) is 82.9 cm³/mol. The van der Waals surface area contributed by atoms with Gasteiger partial charge in [-0.25, -0.2) is 0 Å². The van der Waals surface area contributed by atoms with Crippen LogP contribution in [0.15, 0.2) is 4.79 Å². The van der Waals surface area contributed by atoms with Crippen LogP contribution in [0.4, 0.5) is 0 Å². The number of Topliss-reactive ketones (excluding diaryl/α,β-unsaturated/α-hetero) is 1. The van der Waals surface area contributed by atoms with E-state index in [4.69, 9.17) is 10.00 Å². The predicted octanol–water partition coefficient (Wildman–Crippen LogP) is 1.85. The van der Waals surface area contributed by atoms with Crippen molar-refractivity contribution in [1.29, 1.82) is 5.26 Å². The van der Waals surface area contributed by atoms with E-state index >= 15 is 0 Å². The van der Waals surface area contributed by atoms with Gasteiger partial charge in [-0.2, -0.15) is 5.26 Å². The third kappa shape index (κ3) is 3.86. The fourth-order valence-corrected chi connectivity index (χ4v) is 2.94. The zero-order valence-corrected chi connectivity index (χ0v) is 13.4. The zero-order chi connectivity index (χ0) is 17.0. The highest BCUT2D eigenvalue weighted by molar-refractivity contribution is 5.86. The highest BCUT2D eigenvalue weighted by Gasteiger charge is 2.25. The van der Waals surface area contributed by atoms with E-state index in [9.17, 15) is 14.4 Å². The van der Waals surface area contributed by atoms with Crippen LogP contribution in [0.1, 0.15) is 54.5 Å². The van der Waals surface area contributed by atoms with E-state index in [2.05, 4.69) is 4.98 Å². The Bertz CT molecular complexity index is 727. The molecule has 1 aromatic rings. The van der Waals surface area contributed by atoms with Crippen LogP contribution in [0.2, 0.25) is 0 Å². The number of rotatable bonds is 4. The number of esters is 1. The molecule has 0 radical (unpaired) electrons. The summed E-state index contributed by atoms with van der Waals surface area (Å²) in [5.41, 5.74) is 1.67. The maximum absolute atomic E-state index is 12.0. The lowest BCUT2D eigenvalue weighted by atomic mass is 9.96. The summed E-state index contributed by atoms with van der Waals surface area (Å²) >= 11 is 0. The number of hydrogen-bond donors (Lipinski definition) is 1. The number of aryl methyl sites for hydroxylation is 1. The molecule has 0 aliphatic heterocycles. The molecule has 0 unspecified atom stereocenters. The summed E-state index contributed by atoms with van der Waals surface area (Å²) in [5.74, 6) is -0.429. The summed E-state index contributed by atoms with van der Waals surface area (Å²) < 4.78 is 5.26. The topological polar surface area (TPSA) is 100 Å². The van der Waals surface area contributed by atoms with Crippen molar-refractivity contribution in [2.75, 3.05) is 0 Å². The molecule has 2 rings (SSSR count). The van der Waals surface area contributed by atoms with E-state index in [-0.39, 0.29) is 17.8 Å². The van der Waals surface area contributed by atoms with Gasteiger partial charge in [0.2, 0.25) is 0 Å². The second kappa shape index (κ2) is 7.23. The van der Waals surface area contributed by atoms with Gasteiger partial charge in [0.05, 0.1) is 0 Å². The molecule has 122 valence electrons. The first-order chi connectivity index (χ1) is 10.9. The highest BCUT2D eigenvalue weighted by Crippen LogP contribution is 2.19. The van der Waals surface area contributed by atoms with Gasteiger partial charge in [0, 0.05) is 18.5 Å². The number of pyridine rings is 1. The van der Waals surface area contributed by atoms with Crippen molar-refractivity contribution in [3.05, 3.63) is 32.7 Å². The number of hydrogen-bond acceptors (Lipinski definition) is 5. The van der Waals surface area contributed by atoms with E-state index < -0.39 is 17.6 Å². The van der Waals surface area contributed by atoms with Gasteiger partial charge in [0.1, 0.15) is 11.6 Å². The molecule has 1 atom stereocenters. The summed E-state index contributed by atoms with van der Waals surface area (Å²) in [4.78, 5) is 37.9. The second-order valence-electron chi connectivity index (χ2n) is 5.86. The Morgan fingerprint density at radius 1 is 1.35 bits per heavy atom. The van der Waals surface area contributed by atoms with Crippen molar-refractivity contribution in [2.24, 2.45) is 0 Å². The second-order valence-corrected chi connectivity index (χ2v) is 5.86. The molecule has 6 nitrogen and oxygen atoms in total. The van der Waals surface area contributed by atoms with Crippen LogP contribution in [0.3, 0.4) is 0 Å². The SMILES string of the molecule is Cc1[nH]c(=O)c(C#N)c(C)c1CCC(=O)O[C@@H]1CCCCC1=O. The Labute approximate surface area is 134 Å². The van der Waals surface area contributed by atoms with Gasteiger partial charge in [-0.05, 0) is 50.7 Å². The largest absolute Gasteiger partial charge is 0.454 e. The summed E-state index contributed by atoms with van der Waals surface area (Å²) in [6.45, 7) is 3.44. The first-order valence-electron chi connectivity index (χ1n) is 7.78. The lowest BCUT2D eigenvalue weighted by Gasteiger charge is -2.20. The number of ether oxygens (including phenoxy) is 1. The van der Waals surface area contributed by atoms with E-state index in [0.717, 1.165) is 18.4 Å². The summed E-state index contributed by atoms with van der Waals surface area (Å²) in [6.07, 6.45) is 2.70. The van der Waals surface area contributed by atoms with E-state index in [1.807, 2.05) is 6.07 Å². The van der Waals surface area contributed by atoms with Gasteiger partial charge in [-0.15, -0.1) is 0 Å². The Morgan fingerprint density at radius 3 is 2.74 bits per heavy atom. The monoisotopic (exact) mass is 316 g/mol. The molecule has 1 aliphatic rings. The summed E-state index contributed by atoms with van der Waals surface area (Å²) in [7, 11) is 0. The lowest BCUT2D eigenvalue weighted by molar-refractivity contribution is -0.156. The lowest BCUT2D eigenvalue weighted by Crippen LogP contribution is -2.30. The molecule has 1 saturated carbocycles. The average Bonchev–Trinajstić information content (AvgIpc) is 2.49. The average molecular weight is 316 g/mol. The molecular formula is C17H20N2O4. The minimum atomic E-state index is -0.608. The third-order valence-electron chi connectivity index (χ3n) is 4.27. The van der Waals surface area contributed by atoms with Crippen LogP contribution in [0.5, 0.6) is 0 Å². The fraction of sp³-hybridized carbons (Fsp3) is 0.529. The van der Waals surface area contributed by atoms with Crippen molar-refractivity contribution in [1.82, 2.24) is 4.98 Å². The molecule has 0 spiro atoms. The van der Waals surface area contributed by atoms with E-state index in [1.165, 1.54) is 0 Å². The molecule has 1 fully saturated rings. The molecule has 0 bridgehead atoms. The van der Waals surface area contributed by atoms with Crippen LogP contribution in [0.25, 0.3) is 0 Å². The van der Waals surface area contributed by atoms with Gasteiger partial charge in [0.25, 0.3) is 5.56 Å². The Kier molecular flexibility index (Phi) is 5.32. The Hall–Kier alpha value is -2.42. The van der Waals surface area contributed by atoms with Crippen molar-refractivity contribution in [2.45, 2.75) is 58.5 Å². The van der Waals surface area contributed by atoms with Crippen LogP contribution in [-0.4, -0.2) is 22.8 Å². The van der Waals surface area contributed by atoms with Crippen molar-refractivity contribution >= 4 is 11.8 Å². The number of ketones is 1. The smallest absolute Gasteiger partial charge is 0.306 e. The number of nitrogens with one attached hydrogen (secondary N) is 1. The molecule has 1 aliphatic carbocycles. The number of aromatic nitrogens is 1. The van der Waals surface area contributed by atoms with E-state index in [1.54, 1.807) is 13.8 Å². The molecule has 0 saturated heterocycles. The number of aromatic amines is 1.